The Morgan fingerprint density at radius 2 is 2.35 bits per heavy atom. The number of aliphatic hydroxyl groups is 1. The van der Waals surface area contributed by atoms with Crippen molar-refractivity contribution < 1.29 is 14.6 Å². The summed E-state index contributed by atoms with van der Waals surface area (Å²) in [6.45, 7) is 2.07. The van der Waals surface area contributed by atoms with Crippen LogP contribution in [-0.2, 0) is 4.74 Å². The van der Waals surface area contributed by atoms with E-state index in [1.165, 1.54) is 7.11 Å². The molecule has 1 aliphatic heterocycles. The fraction of sp³-hybridized carbons (Fsp3) is 0.583. The lowest BCUT2D eigenvalue weighted by Gasteiger charge is -2.17. The van der Waals surface area contributed by atoms with Gasteiger partial charge in [0.05, 0.1) is 26.1 Å². The number of hydrogen-bond acceptors (Lipinski definition) is 7. The molecule has 1 aliphatic rings. The molecule has 3 rings (SSSR count). The molecule has 2 aromatic heterocycles. The van der Waals surface area contributed by atoms with Crippen LogP contribution in [0.2, 0.25) is 0 Å². The Balaban J connectivity index is 2.07. The molecule has 3 atom stereocenters. The van der Waals surface area contributed by atoms with Crippen molar-refractivity contribution in [3.8, 4) is 5.88 Å². The van der Waals surface area contributed by atoms with Crippen molar-refractivity contribution in [3.05, 3.63) is 6.33 Å². The zero-order chi connectivity index (χ0) is 14.3. The van der Waals surface area contributed by atoms with Crippen molar-refractivity contribution in [1.82, 2.24) is 19.5 Å². The number of fused-ring (bicyclic) bond motifs is 1. The number of nitrogens with two attached hydrogens (primary N) is 1. The summed E-state index contributed by atoms with van der Waals surface area (Å²) in [5.74, 6) is 0.711. The number of aromatic nitrogens is 4. The Hall–Kier alpha value is -1.93. The highest BCUT2D eigenvalue weighted by Gasteiger charge is 2.34. The number of imidazole rings is 1. The molecule has 0 radical (unpaired) electrons. The van der Waals surface area contributed by atoms with E-state index in [-0.39, 0.29) is 30.8 Å². The van der Waals surface area contributed by atoms with Crippen LogP contribution in [0.1, 0.15) is 19.6 Å². The maximum atomic E-state index is 9.22. The van der Waals surface area contributed by atoms with Gasteiger partial charge >= 0.3 is 0 Å². The molecule has 0 saturated carbocycles. The molecule has 3 N–H and O–H groups in total. The van der Waals surface area contributed by atoms with Gasteiger partial charge in [0.15, 0.2) is 11.2 Å². The second-order valence-corrected chi connectivity index (χ2v) is 4.96. The number of nitrogens with zero attached hydrogens (tertiary/aromatic N) is 4. The smallest absolute Gasteiger partial charge is 0.246 e. The van der Waals surface area contributed by atoms with Crippen LogP contribution in [0.3, 0.4) is 0 Å². The summed E-state index contributed by atoms with van der Waals surface area (Å²) in [6, 6.07) is 0. The Kier molecular flexibility index (Phi) is 3.19. The molecule has 0 aliphatic carbocycles. The van der Waals surface area contributed by atoms with E-state index < -0.39 is 0 Å². The molecule has 0 bridgehead atoms. The SMILES string of the molecule is COc1nc(N)nc2c1ncn2C1O[C@H](CO)C[C@H]1C. The van der Waals surface area contributed by atoms with Crippen LogP contribution < -0.4 is 10.5 Å². The zero-order valence-corrected chi connectivity index (χ0v) is 11.4. The van der Waals surface area contributed by atoms with Gasteiger partial charge in [0, 0.05) is 5.92 Å². The summed E-state index contributed by atoms with van der Waals surface area (Å²) in [5, 5.41) is 9.22. The first-order chi connectivity index (χ1) is 9.63. The van der Waals surface area contributed by atoms with Crippen molar-refractivity contribution >= 4 is 17.1 Å². The molecule has 1 fully saturated rings. The lowest BCUT2D eigenvalue weighted by Crippen LogP contribution is -2.15. The summed E-state index contributed by atoms with van der Waals surface area (Å²) in [5.41, 5.74) is 6.81. The molecule has 0 spiro atoms. The van der Waals surface area contributed by atoms with Crippen LogP contribution in [-0.4, -0.2) is 44.4 Å². The van der Waals surface area contributed by atoms with Gasteiger partial charge in [0.2, 0.25) is 11.8 Å². The van der Waals surface area contributed by atoms with E-state index in [9.17, 15) is 5.11 Å². The molecule has 2 aromatic rings. The summed E-state index contributed by atoms with van der Waals surface area (Å²) in [6.07, 6.45) is 2.05. The Labute approximate surface area is 115 Å². The minimum atomic E-state index is -0.226. The molecule has 108 valence electrons. The third-order valence-corrected chi connectivity index (χ3v) is 3.53. The number of aliphatic hydroxyl groups excluding tert-OH is 1. The van der Waals surface area contributed by atoms with Crippen LogP contribution >= 0.6 is 0 Å². The first kappa shape index (κ1) is 13.1. The van der Waals surface area contributed by atoms with Crippen LogP contribution in [0.25, 0.3) is 11.2 Å². The normalized spacial score (nSPS) is 26.2. The fourth-order valence-corrected chi connectivity index (χ4v) is 2.61. The van der Waals surface area contributed by atoms with Crippen molar-refractivity contribution in [2.75, 3.05) is 19.5 Å². The van der Waals surface area contributed by atoms with Gasteiger partial charge in [-0.15, -0.1) is 0 Å². The van der Waals surface area contributed by atoms with Gasteiger partial charge in [-0.25, -0.2) is 4.98 Å². The second kappa shape index (κ2) is 4.88. The average molecular weight is 279 g/mol. The fourth-order valence-electron chi connectivity index (χ4n) is 2.61. The first-order valence-electron chi connectivity index (χ1n) is 6.44. The van der Waals surface area contributed by atoms with E-state index in [2.05, 4.69) is 21.9 Å². The van der Waals surface area contributed by atoms with Crippen LogP contribution in [0.15, 0.2) is 6.33 Å². The monoisotopic (exact) mass is 279 g/mol. The number of ether oxygens (including phenoxy) is 2. The molecule has 3 heterocycles. The first-order valence-corrected chi connectivity index (χ1v) is 6.44. The van der Waals surface area contributed by atoms with E-state index in [0.29, 0.717) is 17.0 Å². The van der Waals surface area contributed by atoms with Gasteiger partial charge in [-0.3, -0.25) is 4.57 Å². The molecule has 1 unspecified atom stereocenters. The maximum Gasteiger partial charge on any atom is 0.246 e. The number of nitrogen functional groups attached to an aromatic ring is 1. The average Bonchev–Trinajstić information content (AvgIpc) is 3.00. The Bertz CT molecular complexity index is 629. The minimum absolute atomic E-state index is 0.00785. The van der Waals surface area contributed by atoms with E-state index in [0.717, 1.165) is 6.42 Å². The topological polar surface area (TPSA) is 108 Å². The second-order valence-electron chi connectivity index (χ2n) is 4.96. The highest BCUT2D eigenvalue weighted by atomic mass is 16.5. The number of methoxy groups -OCH3 is 1. The quantitative estimate of drug-likeness (QED) is 0.833. The number of hydrogen-bond donors (Lipinski definition) is 2. The lowest BCUT2D eigenvalue weighted by atomic mass is 10.1. The summed E-state index contributed by atoms with van der Waals surface area (Å²) >= 11 is 0. The summed E-state index contributed by atoms with van der Waals surface area (Å²) in [7, 11) is 1.51. The van der Waals surface area contributed by atoms with Gasteiger partial charge in [-0.1, -0.05) is 6.92 Å². The predicted molar refractivity (Wildman–Crippen MR) is 71.1 cm³/mol. The lowest BCUT2D eigenvalue weighted by molar-refractivity contribution is -0.0294. The van der Waals surface area contributed by atoms with Gasteiger partial charge in [-0.2, -0.15) is 9.97 Å². The largest absolute Gasteiger partial charge is 0.479 e. The maximum absolute atomic E-state index is 9.22. The highest BCUT2D eigenvalue weighted by Crippen LogP contribution is 2.36. The Morgan fingerprint density at radius 3 is 3.00 bits per heavy atom. The van der Waals surface area contributed by atoms with E-state index in [4.69, 9.17) is 15.2 Å². The van der Waals surface area contributed by atoms with Gasteiger partial charge in [0.25, 0.3) is 0 Å². The van der Waals surface area contributed by atoms with Crippen LogP contribution in [0.4, 0.5) is 5.95 Å². The van der Waals surface area contributed by atoms with Gasteiger partial charge < -0.3 is 20.3 Å². The van der Waals surface area contributed by atoms with Gasteiger partial charge in [0.1, 0.15) is 6.23 Å². The van der Waals surface area contributed by atoms with Crippen molar-refractivity contribution in [2.24, 2.45) is 5.92 Å². The minimum Gasteiger partial charge on any atom is -0.479 e. The van der Waals surface area contributed by atoms with Crippen LogP contribution in [0.5, 0.6) is 5.88 Å². The third-order valence-electron chi connectivity index (χ3n) is 3.53. The molecule has 8 nitrogen and oxygen atoms in total. The predicted octanol–water partition coefficient (Wildman–Crippen LogP) is 0.333. The summed E-state index contributed by atoms with van der Waals surface area (Å²) < 4.78 is 12.8. The molecule has 0 aromatic carbocycles. The van der Waals surface area contributed by atoms with E-state index in [1.54, 1.807) is 6.33 Å². The van der Waals surface area contributed by atoms with E-state index in [1.807, 2.05) is 4.57 Å². The highest BCUT2D eigenvalue weighted by molar-refractivity contribution is 5.77. The molecule has 8 heteroatoms. The standard InChI is InChI=1S/C12H17N5O3/c1-6-3-7(4-18)20-11(6)17-5-14-8-9(17)15-12(13)16-10(8)19-2/h5-7,11,18H,3-4H2,1-2H3,(H2,13,15,16)/t6-,7+,11?/m1/s1. The molecular formula is C12H17N5O3. The molecular weight excluding hydrogens is 262 g/mol. The summed E-state index contributed by atoms with van der Waals surface area (Å²) in [4.78, 5) is 12.5. The third kappa shape index (κ3) is 1.97. The number of anilines is 1. The van der Waals surface area contributed by atoms with E-state index >= 15 is 0 Å². The van der Waals surface area contributed by atoms with Crippen molar-refractivity contribution in [3.63, 3.8) is 0 Å². The molecule has 20 heavy (non-hydrogen) atoms. The molecule has 0 amide bonds. The van der Waals surface area contributed by atoms with Gasteiger partial charge in [-0.05, 0) is 6.42 Å². The Morgan fingerprint density at radius 1 is 1.55 bits per heavy atom. The van der Waals surface area contributed by atoms with Crippen molar-refractivity contribution in [2.45, 2.75) is 25.7 Å². The zero-order valence-electron chi connectivity index (χ0n) is 11.4. The molecule has 1 saturated heterocycles. The van der Waals surface area contributed by atoms with Crippen LogP contribution in [0, 0.1) is 5.92 Å². The van der Waals surface area contributed by atoms with Crippen molar-refractivity contribution in [1.29, 1.82) is 0 Å². The number of rotatable bonds is 3.